The van der Waals surface area contributed by atoms with Crippen LogP contribution in [0.4, 0.5) is 0 Å². The molecule has 0 radical (unpaired) electrons. The predicted octanol–water partition coefficient (Wildman–Crippen LogP) is 4.33. The molecule has 0 spiro atoms. The van der Waals surface area contributed by atoms with Crippen molar-refractivity contribution in [2.24, 2.45) is 5.41 Å². The topological polar surface area (TPSA) is 65.4 Å². The minimum atomic E-state index is -0.188. The molecule has 30 heavy (non-hydrogen) atoms. The van der Waals surface area contributed by atoms with E-state index < -0.39 is 0 Å². The molecule has 0 saturated heterocycles. The molecule has 1 N–H and O–H groups in total. The standard InChI is InChI=1S/C24H27N3O3/c1-24(2)13-20(26-23(28)18-12-17(29-3)10-11-22(18)30-4)19-15-25-27(21(19)14-24)16-8-6-5-7-9-16/h5-12,15,20H,13-14H2,1-4H3,(H,26,28)/t20-/m1/s1. The summed E-state index contributed by atoms with van der Waals surface area (Å²) in [5, 5.41) is 7.86. The first-order valence-corrected chi connectivity index (χ1v) is 10.1. The van der Waals surface area contributed by atoms with E-state index in [1.807, 2.05) is 41.2 Å². The van der Waals surface area contributed by atoms with E-state index in [0.717, 1.165) is 29.8 Å². The van der Waals surface area contributed by atoms with E-state index >= 15 is 0 Å². The molecule has 0 unspecified atom stereocenters. The molecule has 3 aromatic rings. The van der Waals surface area contributed by atoms with Crippen LogP contribution in [0, 0.1) is 5.41 Å². The first-order valence-electron chi connectivity index (χ1n) is 10.1. The van der Waals surface area contributed by atoms with Gasteiger partial charge in [-0.25, -0.2) is 4.68 Å². The highest BCUT2D eigenvalue weighted by Gasteiger charge is 2.36. The smallest absolute Gasteiger partial charge is 0.255 e. The van der Waals surface area contributed by atoms with Gasteiger partial charge in [0.05, 0.1) is 43.4 Å². The fourth-order valence-corrected chi connectivity index (χ4v) is 4.19. The average molecular weight is 405 g/mol. The summed E-state index contributed by atoms with van der Waals surface area (Å²) in [6.07, 6.45) is 3.61. The third-order valence-electron chi connectivity index (χ3n) is 5.64. The van der Waals surface area contributed by atoms with Gasteiger partial charge in [0.25, 0.3) is 5.91 Å². The molecule has 6 heteroatoms. The van der Waals surface area contributed by atoms with Gasteiger partial charge in [0.15, 0.2) is 0 Å². The molecule has 0 fully saturated rings. The first kappa shape index (κ1) is 20.0. The van der Waals surface area contributed by atoms with Crippen molar-refractivity contribution in [1.82, 2.24) is 15.1 Å². The zero-order valence-corrected chi connectivity index (χ0v) is 17.8. The highest BCUT2D eigenvalue weighted by molar-refractivity contribution is 5.97. The number of aromatic nitrogens is 2. The Kier molecular flexibility index (Phi) is 5.24. The zero-order chi connectivity index (χ0) is 21.3. The number of para-hydroxylation sites is 1. The lowest BCUT2D eigenvalue weighted by molar-refractivity contribution is 0.0916. The number of amides is 1. The number of hydrogen-bond acceptors (Lipinski definition) is 4. The van der Waals surface area contributed by atoms with Gasteiger partial charge < -0.3 is 14.8 Å². The van der Waals surface area contributed by atoms with Gasteiger partial charge in [-0.3, -0.25) is 4.79 Å². The zero-order valence-electron chi connectivity index (χ0n) is 17.8. The van der Waals surface area contributed by atoms with Crippen molar-refractivity contribution in [3.05, 3.63) is 71.5 Å². The third kappa shape index (κ3) is 3.77. The van der Waals surface area contributed by atoms with Crippen LogP contribution in [0.2, 0.25) is 0 Å². The molecule has 156 valence electrons. The summed E-state index contributed by atoms with van der Waals surface area (Å²) in [5.74, 6) is 0.943. The van der Waals surface area contributed by atoms with E-state index in [1.54, 1.807) is 32.4 Å². The lowest BCUT2D eigenvalue weighted by Crippen LogP contribution is -2.37. The molecule has 2 aromatic carbocycles. The molecule has 6 nitrogen and oxygen atoms in total. The van der Waals surface area contributed by atoms with Gasteiger partial charge in [-0.2, -0.15) is 5.10 Å². The maximum atomic E-state index is 13.2. The molecule has 1 aliphatic rings. The number of rotatable bonds is 5. The number of fused-ring (bicyclic) bond motifs is 1. The summed E-state index contributed by atoms with van der Waals surface area (Å²) in [6.45, 7) is 4.45. The molecule has 0 aliphatic heterocycles. The molecule has 1 aliphatic carbocycles. The number of benzene rings is 2. The Morgan fingerprint density at radius 3 is 2.60 bits per heavy atom. The lowest BCUT2D eigenvalue weighted by Gasteiger charge is -2.36. The van der Waals surface area contributed by atoms with E-state index in [1.165, 1.54) is 0 Å². The van der Waals surface area contributed by atoms with Crippen LogP contribution < -0.4 is 14.8 Å². The predicted molar refractivity (Wildman–Crippen MR) is 115 cm³/mol. The van der Waals surface area contributed by atoms with E-state index in [4.69, 9.17) is 9.47 Å². The van der Waals surface area contributed by atoms with Crippen LogP contribution in [-0.2, 0) is 6.42 Å². The van der Waals surface area contributed by atoms with Crippen molar-refractivity contribution in [3.63, 3.8) is 0 Å². The molecule has 1 amide bonds. The average Bonchev–Trinajstić information content (AvgIpc) is 3.16. The molecule has 1 atom stereocenters. The fourth-order valence-electron chi connectivity index (χ4n) is 4.19. The monoisotopic (exact) mass is 405 g/mol. The van der Waals surface area contributed by atoms with Gasteiger partial charge >= 0.3 is 0 Å². The van der Waals surface area contributed by atoms with E-state index in [9.17, 15) is 4.79 Å². The highest BCUT2D eigenvalue weighted by atomic mass is 16.5. The Hall–Kier alpha value is -3.28. The molecule has 4 rings (SSSR count). The van der Waals surface area contributed by atoms with Crippen LogP contribution in [0.3, 0.4) is 0 Å². The van der Waals surface area contributed by atoms with Crippen molar-refractivity contribution in [2.75, 3.05) is 14.2 Å². The molecular formula is C24H27N3O3. The van der Waals surface area contributed by atoms with E-state index in [-0.39, 0.29) is 17.4 Å². The highest BCUT2D eigenvalue weighted by Crippen LogP contribution is 2.41. The Morgan fingerprint density at radius 1 is 1.13 bits per heavy atom. The lowest BCUT2D eigenvalue weighted by atomic mass is 9.74. The second kappa shape index (κ2) is 7.86. The van der Waals surface area contributed by atoms with Gasteiger partial charge in [-0.15, -0.1) is 0 Å². The Labute approximate surface area is 176 Å². The minimum Gasteiger partial charge on any atom is -0.497 e. The second-order valence-corrected chi connectivity index (χ2v) is 8.43. The molecule has 0 bridgehead atoms. The molecular weight excluding hydrogens is 378 g/mol. The second-order valence-electron chi connectivity index (χ2n) is 8.43. The quantitative estimate of drug-likeness (QED) is 0.686. The van der Waals surface area contributed by atoms with Crippen molar-refractivity contribution in [3.8, 4) is 17.2 Å². The number of nitrogens with zero attached hydrogens (tertiary/aromatic N) is 2. The van der Waals surface area contributed by atoms with Crippen LogP contribution in [0.25, 0.3) is 5.69 Å². The summed E-state index contributed by atoms with van der Waals surface area (Å²) < 4.78 is 12.7. The van der Waals surface area contributed by atoms with E-state index in [2.05, 4.69) is 24.3 Å². The Morgan fingerprint density at radius 2 is 1.90 bits per heavy atom. The van der Waals surface area contributed by atoms with Gasteiger partial charge in [0, 0.05) is 5.56 Å². The number of nitrogens with one attached hydrogen (secondary N) is 1. The van der Waals surface area contributed by atoms with Crippen molar-refractivity contribution in [2.45, 2.75) is 32.7 Å². The minimum absolute atomic E-state index is 0.0238. The number of hydrogen-bond donors (Lipinski definition) is 1. The third-order valence-corrected chi connectivity index (χ3v) is 5.64. The van der Waals surface area contributed by atoms with Crippen molar-refractivity contribution >= 4 is 5.91 Å². The summed E-state index contributed by atoms with van der Waals surface area (Å²) >= 11 is 0. The van der Waals surface area contributed by atoms with E-state index in [0.29, 0.717) is 17.1 Å². The summed E-state index contributed by atoms with van der Waals surface area (Å²) in [5.41, 5.74) is 3.71. The molecule has 0 saturated carbocycles. The van der Waals surface area contributed by atoms with Crippen LogP contribution >= 0.6 is 0 Å². The van der Waals surface area contributed by atoms with Crippen LogP contribution in [0.15, 0.2) is 54.7 Å². The fraction of sp³-hybridized carbons (Fsp3) is 0.333. The summed E-state index contributed by atoms with van der Waals surface area (Å²) in [6, 6.07) is 15.2. The van der Waals surface area contributed by atoms with Gasteiger partial charge in [0.2, 0.25) is 0 Å². The summed E-state index contributed by atoms with van der Waals surface area (Å²) in [7, 11) is 3.14. The van der Waals surface area contributed by atoms with Crippen LogP contribution in [-0.4, -0.2) is 29.9 Å². The maximum Gasteiger partial charge on any atom is 0.255 e. The number of ether oxygens (including phenoxy) is 2. The van der Waals surface area contributed by atoms with Gasteiger partial charge in [-0.05, 0) is 48.6 Å². The number of carbonyl (C=O) groups excluding carboxylic acids is 1. The number of methoxy groups -OCH3 is 2. The SMILES string of the molecule is COc1ccc(OC)c(C(=O)N[C@@H]2CC(C)(C)Cc3c2cnn3-c2ccccc2)c1. The van der Waals surface area contributed by atoms with Crippen molar-refractivity contribution < 1.29 is 14.3 Å². The van der Waals surface area contributed by atoms with Gasteiger partial charge in [-0.1, -0.05) is 32.0 Å². The Balaban J connectivity index is 1.68. The number of carbonyl (C=O) groups is 1. The maximum absolute atomic E-state index is 13.2. The molecule has 1 heterocycles. The van der Waals surface area contributed by atoms with Gasteiger partial charge in [0.1, 0.15) is 11.5 Å². The largest absolute Gasteiger partial charge is 0.497 e. The normalized spacial score (nSPS) is 17.1. The molecule has 1 aromatic heterocycles. The van der Waals surface area contributed by atoms with Crippen LogP contribution in [0.5, 0.6) is 11.5 Å². The first-order chi connectivity index (χ1) is 14.4. The van der Waals surface area contributed by atoms with Crippen LogP contribution in [0.1, 0.15) is 47.9 Å². The Bertz CT molecular complexity index is 1060. The van der Waals surface area contributed by atoms with Crippen molar-refractivity contribution in [1.29, 1.82) is 0 Å². The summed E-state index contributed by atoms with van der Waals surface area (Å²) in [4.78, 5) is 13.2.